The van der Waals surface area contributed by atoms with Crippen molar-refractivity contribution in [1.82, 2.24) is 0 Å². The Balaban J connectivity index is 1.99. The highest BCUT2D eigenvalue weighted by atomic mass is 35.5. The van der Waals surface area contributed by atoms with Gasteiger partial charge >= 0.3 is 0 Å². The first-order valence-corrected chi connectivity index (χ1v) is 6.46. The topological polar surface area (TPSA) is 29.1 Å². The van der Waals surface area contributed by atoms with E-state index in [0.29, 0.717) is 11.4 Å². The molecular formula is C16H12ClNO. The maximum atomic E-state index is 12.1. The number of hydrogen-bond acceptors (Lipinski definition) is 1. The molecule has 94 valence electrons. The number of anilines is 1. The molecule has 1 aliphatic heterocycles. The molecule has 0 saturated heterocycles. The van der Waals surface area contributed by atoms with Crippen LogP contribution in [0, 0.1) is 0 Å². The van der Waals surface area contributed by atoms with Gasteiger partial charge in [-0.3, -0.25) is 4.79 Å². The Labute approximate surface area is 116 Å². The molecule has 0 fully saturated rings. The number of benzene rings is 2. The summed E-state index contributed by atoms with van der Waals surface area (Å²) in [6.07, 6.45) is 2.49. The molecule has 3 heteroatoms. The van der Waals surface area contributed by atoms with Crippen LogP contribution < -0.4 is 5.32 Å². The van der Waals surface area contributed by atoms with E-state index in [1.165, 1.54) is 0 Å². The van der Waals surface area contributed by atoms with Crippen LogP contribution in [0.3, 0.4) is 0 Å². The van der Waals surface area contributed by atoms with Crippen molar-refractivity contribution < 1.29 is 4.79 Å². The Morgan fingerprint density at radius 3 is 2.63 bits per heavy atom. The van der Waals surface area contributed by atoms with Gasteiger partial charge in [0.2, 0.25) is 0 Å². The highest BCUT2D eigenvalue weighted by Crippen LogP contribution is 2.27. The molecule has 0 radical (unpaired) electrons. The lowest BCUT2D eigenvalue weighted by Gasteiger charge is -2.19. The van der Waals surface area contributed by atoms with Crippen molar-refractivity contribution in [2.24, 2.45) is 0 Å². The van der Waals surface area contributed by atoms with E-state index in [1.807, 2.05) is 54.6 Å². The standard InChI is InChI=1S/C16H12ClNO/c17-14-7-3-1-5-11(14)9-13-10-12-6-2-4-8-15(12)18-16(13)19/h1-9H,10H2,(H,18,19)/b13-9+. The summed E-state index contributed by atoms with van der Waals surface area (Å²) in [5, 5.41) is 3.55. The third-order valence-corrected chi connectivity index (χ3v) is 3.52. The van der Waals surface area contributed by atoms with Crippen molar-refractivity contribution >= 4 is 29.3 Å². The van der Waals surface area contributed by atoms with Gasteiger partial charge in [0.25, 0.3) is 5.91 Å². The molecule has 1 N–H and O–H groups in total. The minimum atomic E-state index is -0.0568. The van der Waals surface area contributed by atoms with Crippen LogP contribution in [0.2, 0.25) is 5.02 Å². The molecule has 0 bridgehead atoms. The Morgan fingerprint density at radius 2 is 1.79 bits per heavy atom. The third kappa shape index (κ3) is 2.40. The molecule has 2 aromatic carbocycles. The van der Waals surface area contributed by atoms with E-state index >= 15 is 0 Å². The van der Waals surface area contributed by atoms with E-state index in [1.54, 1.807) is 0 Å². The first-order valence-electron chi connectivity index (χ1n) is 6.08. The van der Waals surface area contributed by atoms with Crippen LogP contribution in [0.4, 0.5) is 5.69 Å². The highest BCUT2D eigenvalue weighted by molar-refractivity contribution is 6.32. The van der Waals surface area contributed by atoms with E-state index in [9.17, 15) is 4.79 Å². The largest absolute Gasteiger partial charge is 0.322 e. The van der Waals surface area contributed by atoms with Crippen LogP contribution in [-0.2, 0) is 11.2 Å². The smallest absolute Gasteiger partial charge is 0.251 e. The van der Waals surface area contributed by atoms with Gasteiger partial charge in [0.05, 0.1) is 0 Å². The SMILES string of the molecule is O=C1Nc2ccccc2C/C1=C\c1ccccc1Cl. The van der Waals surface area contributed by atoms with Crippen molar-refractivity contribution in [3.8, 4) is 0 Å². The molecule has 3 rings (SSSR count). The maximum Gasteiger partial charge on any atom is 0.251 e. The van der Waals surface area contributed by atoms with Crippen molar-refractivity contribution in [1.29, 1.82) is 0 Å². The molecule has 0 unspecified atom stereocenters. The van der Waals surface area contributed by atoms with Crippen LogP contribution in [0.25, 0.3) is 6.08 Å². The van der Waals surface area contributed by atoms with Gasteiger partial charge in [-0.15, -0.1) is 0 Å². The second-order valence-corrected chi connectivity index (χ2v) is 4.89. The Bertz CT molecular complexity index is 676. The van der Waals surface area contributed by atoms with Gasteiger partial charge in [-0.25, -0.2) is 0 Å². The lowest BCUT2D eigenvalue weighted by molar-refractivity contribution is -0.113. The van der Waals surface area contributed by atoms with Crippen LogP contribution in [-0.4, -0.2) is 5.91 Å². The van der Waals surface area contributed by atoms with E-state index in [4.69, 9.17) is 11.6 Å². The molecular weight excluding hydrogens is 258 g/mol. The van der Waals surface area contributed by atoms with Gasteiger partial charge in [-0.05, 0) is 29.3 Å². The molecule has 1 aliphatic rings. The maximum absolute atomic E-state index is 12.1. The third-order valence-electron chi connectivity index (χ3n) is 3.17. The fraction of sp³-hybridized carbons (Fsp3) is 0.0625. The summed E-state index contributed by atoms with van der Waals surface area (Å²) in [6.45, 7) is 0. The molecule has 2 aromatic rings. The predicted octanol–water partition coefficient (Wildman–Crippen LogP) is 3.92. The van der Waals surface area contributed by atoms with Crippen molar-refractivity contribution in [2.45, 2.75) is 6.42 Å². The first-order chi connectivity index (χ1) is 9.24. The number of fused-ring (bicyclic) bond motifs is 1. The predicted molar refractivity (Wildman–Crippen MR) is 78.2 cm³/mol. The summed E-state index contributed by atoms with van der Waals surface area (Å²) >= 11 is 6.12. The molecule has 0 aliphatic carbocycles. The van der Waals surface area contributed by atoms with Crippen LogP contribution in [0.1, 0.15) is 11.1 Å². The van der Waals surface area contributed by atoms with Gasteiger partial charge in [-0.1, -0.05) is 48.0 Å². The molecule has 19 heavy (non-hydrogen) atoms. The summed E-state index contributed by atoms with van der Waals surface area (Å²) < 4.78 is 0. The second kappa shape index (κ2) is 4.90. The minimum Gasteiger partial charge on any atom is -0.322 e. The Kier molecular flexibility index (Phi) is 3.10. The quantitative estimate of drug-likeness (QED) is 0.781. The zero-order valence-corrected chi connectivity index (χ0v) is 10.9. The van der Waals surface area contributed by atoms with Crippen molar-refractivity contribution in [2.75, 3.05) is 5.32 Å². The minimum absolute atomic E-state index is 0.0568. The summed E-state index contributed by atoms with van der Waals surface area (Å²) in [5.74, 6) is -0.0568. The number of carbonyl (C=O) groups is 1. The summed E-state index contributed by atoms with van der Waals surface area (Å²) in [5.41, 5.74) is 3.62. The van der Waals surface area contributed by atoms with Crippen LogP contribution in [0.15, 0.2) is 54.1 Å². The summed E-state index contributed by atoms with van der Waals surface area (Å²) in [4.78, 5) is 12.1. The Hall–Kier alpha value is -2.06. The second-order valence-electron chi connectivity index (χ2n) is 4.48. The van der Waals surface area contributed by atoms with Gasteiger partial charge in [0, 0.05) is 22.7 Å². The van der Waals surface area contributed by atoms with Crippen molar-refractivity contribution in [3.63, 3.8) is 0 Å². The molecule has 0 aromatic heterocycles. The Morgan fingerprint density at radius 1 is 1.05 bits per heavy atom. The number of halogens is 1. The molecule has 0 atom stereocenters. The van der Waals surface area contributed by atoms with Gasteiger partial charge < -0.3 is 5.32 Å². The normalized spacial score (nSPS) is 16.1. The zero-order valence-electron chi connectivity index (χ0n) is 10.2. The fourth-order valence-corrected chi connectivity index (χ4v) is 2.37. The van der Waals surface area contributed by atoms with Crippen molar-refractivity contribution in [3.05, 3.63) is 70.3 Å². The average molecular weight is 270 g/mol. The van der Waals surface area contributed by atoms with Gasteiger partial charge in [0.15, 0.2) is 0 Å². The van der Waals surface area contributed by atoms with E-state index in [0.717, 1.165) is 22.4 Å². The average Bonchev–Trinajstić information content (AvgIpc) is 2.42. The number of hydrogen-bond donors (Lipinski definition) is 1. The number of para-hydroxylation sites is 1. The molecule has 1 amide bonds. The summed E-state index contributed by atoms with van der Waals surface area (Å²) in [7, 11) is 0. The summed E-state index contributed by atoms with van der Waals surface area (Å²) in [6, 6.07) is 15.3. The van der Waals surface area contributed by atoms with Gasteiger partial charge in [-0.2, -0.15) is 0 Å². The number of amides is 1. The number of rotatable bonds is 1. The lowest BCUT2D eigenvalue weighted by atomic mass is 9.97. The fourth-order valence-electron chi connectivity index (χ4n) is 2.18. The van der Waals surface area contributed by atoms with Crippen LogP contribution >= 0.6 is 11.6 Å². The monoisotopic (exact) mass is 269 g/mol. The molecule has 1 heterocycles. The van der Waals surface area contributed by atoms with Gasteiger partial charge in [0.1, 0.15) is 0 Å². The van der Waals surface area contributed by atoms with Crippen LogP contribution in [0.5, 0.6) is 0 Å². The lowest BCUT2D eigenvalue weighted by Crippen LogP contribution is -2.22. The first kappa shape index (κ1) is 12.0. The van der Waals surface area contributed by atoms with E-state index < -0.39 is 0 Å². The number of carbonyl (C=O) groups excluding carboxylic acids is 1. The molecule has 0 saturated carbocycles. The van der Waals surface area contributed by atoms with E-state index in [2.05, 4.69) is 5.32 Å². The highest BCUT2D eigenvalue weighted by Gasteiger charge is 2.19. The van der Waals surface area contributed by atoms with E-state index in [-0.39, 0.29) is 5.91 Å². The zero-order chi connectivity index (χ0) is 13.2. The molecule has 2 nitrogen and oxygen atoms in total. The number of nitrogens with one attached hydrogen (secondary N) is 1. The molecule has 0 spiro atoms.